The van der Waals surface area contributed by atoms with E-state index in [0.717, 1.165) is 30.8 Å². The number of rotatable bonds is 11. The molecule has 0 bridgehead atoms. The molecule has 0 amide bonds. The van der Waals surface area contributed by atoms with Crippen LogP contribution in [0.2, 0.25) is 0 Å². The van der Waals surface area contributed by atoms with Crippen molar-refractivity contribution in [3.8, 4) is 6.07 Å². The summed E-state index contributed by atoms with van der Waals surface area (Å²) in [5, 5.41) is 8.80. The third-order valence-corrected chi connectivity index (χ3v) is 7.88. The molecule has 0 aliphatic heterocycles. The molecule has 0 saturated heterocycles. The van der Waals surface area contributed by atoms with Crippen LogP contribution in [0.1, 0.15) is 88.2 Å². The van der Waals surface area contributed by atoms with Crippen molar-refractivity contribution in [3.63, 3.8) is 0 Å². The second-order valence-electron chi connectivity index (χ2n) is 10.1. The van der Waals surface area contributed by atoms with Crippen molar-refractivity contribution in [2.24, 2.45) is 23.7 Å². The molecule has 1 aromatic rings. The number of halogens is 2. The molecule has 2 saturated carbocycles. The van der Waals surface area contributed by atoms with Crippen LogP contribution in [0.3, 0.4) is 0 Å². The van der Waals surface area contributed by atoms with Crippen molar-refractivity contribution in [1.82, 2.24) is 0 Å². The lowest BCUT2D eigenvalue weighted by atomic mass is 9.74. The Hall–Kier alpha value is -1.73. The van der Waals surface area contributed by atoms with Crippen molar-refractivity contribution in [1.29, 1.82) is 5.26 Å². The fourth-order valence-corrected chi connectivity index (χ4v) is 5.75. The SMILES string of the molecule is C=CCOCCC1CCC(CCC2CCC(CCc3cc(F)c(C#N)c(F)c3)CC2)CC1. The van der Waals surface area contributed by atoms with Gasteiger partial charge in [0.25, 0.3) is 0 Å². The first-order valence-electron chi connectivity index (χ1n) is 12.7. The van der Waals surface area contributed by atoms with Gasteiger partial charge < -0.3 is 4.74 Å². The maximum atomic E-state index is 13.8. The number of benzene rings is 1. The lowest BCUT2D eigenvalue weighted by molar-refractivity contribution is 0.129. The Morgan fingerprint density at radius 1 is 0.844 bits per heavy atom. The number of nitriles is 1. The molecule has 0 atom stereocenters. The Balaban J connectivity index is 1.28. The summed E-state index contributed by atoms with van der Waals surface area (Å²) in [4.78, 5) is 0. The van der Waals surface area contributed by atoms with Gasteiger partial charge in [0.1, 0.15) is 23.3 Å². The standard InChI is InChI=1S/C28H39F2NO/c1-2-16-32-17-15-24-11-9-22(10-12-24)4-3-21-5-7-23(8-6-21)13-14-25-18-27(29)26(20-31)28(30)19-25/h2,18-19,21-24H,1,3-17H2. The monoisotopic (exact) mass is 443 g/mol. The highest BCUT2D eigenvalue weighted by atomic mass is 19.1. The lowest BCUT2D eigenvalue weighted by Crippen LogP contribution is -2.19. The molecule has 0 N–H and O–H groups in total. The maximum Gasteiger partial charge on any atom is 0.144 e. The smallest absolute Gasteiger partial charge is 0.144 e. The molecule has 176 valence electrons. The zero-order chi connectivity index (χ0) is 22.8. The minimum atomic E-state index is -0.735. The van der Waals surface area contributed by atoms with E-state index in [0.29, 0.717) is 24.5 Å². The van der Waals surface area contributed by atoms with Crippen LogP contribution in [0.5, 0.6) is 0 Å². The third kappa shape index (κ3) is 7.69. The van der Waals surface area contributed by atoms with Gasteiger partial charge in [0.15, 0.2) is 0 Å². The molecular formula is C28H39F2NO. The van der Waals surface area contributed by atoms with Gasteiger partial charge in [-0.15, -0.1) is 6.58 Å². The highest BCUT2D eigenvalue weighted by molar-refractivity contribution is 5.35. The molecule has 0 unspecified atom stereocenters. The van der Waals surface area contributed by atoms with Gasteiger partial charge in [0.2, 0.25) is 0 Å². The van der Waals surface area contributed by atoms with Crippen LogP contribution in [0, 0.1) is 46.6 Å². The molecule has 0 spiro atoms. The molecule has 3 rings (SSSR count). The van der Waals surface area contributed by atoms with E-state index < -0.39 is 17.2 Å². The summed E-state index contributed by atoms with van der Waals surface area (Å²) in [6, 6.07) is 4.25. The molecule has 2 aliphatic rings. The summed E-state index contributed by atoms with van der Waals surface area (Å²) >= 11 is 0. The van der Waals surface area contributed by atoms with E-state index in [1.807, 2.05) is 6.08 Å². The highest BCUT2D eigenvalue weighted by Crippen LogP contribution is 2.38. The van der Waals surface area contributed by atoms with Crippen LogP contribution < -0.4 is 0 Å². The van der Waals surface area contributed by atoms with Crippen molar-refractivity contribution in [2.75, 3.05) is 13.2 Å². The molecule has 2 aliphatic carbocycles. The summed E-state index contributed by atoms with van der Waals surface area (Å²) in [5.74, 6) is 1.82. The number of aryl methyl sites for hydroxylation is 1. The lowest BCUT2D eigenvalue weighted by Gasteiger charge is -2.32. The van der Waals surface area contributed by atoms with Gasteiger partial charge in [-0.2, -0.15) is 5.26 Å². The first kappa shape index (κ1) is 24.9. The van der Waals surface area contributed by atoms with E-state index in [-0.39, 0.29) is 0 Å². The van der Waals surface area contributed by atoms with Crippen molar-refractivity contribution >= 4 is 0 Å². The average molecular weight is 444 g/mol. The Morgan fingerprint density at radius 2 is 1.31 bits per heavy atom. The Bertz CT molecular complexity index is 732. The van der Waals surface area contributed by atoms with Crippen LogP contribution in [-0.2, 0) is 11.2 Å². The van der Waals surface area contributed by atoms with Gasteiger partial charge in [0.05, 0.1) is 6.61 Å². The molecule has 32 heavy (non-hydrogen) atoms. The van der Waals surface area contributed by atoms with Gasteiger partial charge in [-0.25, -0.2) is 8.78 Å². The maximum absolute atomic E-state index is 13.8. The predicted molar refractivity (Wildman–Crippen MR) is 125 cm³/mol. The van der Waals surface area contributed by atoms with E-state index in [1.165, 1.54) is 82.8 Å². The summed E-state index contributed by atoms with van der Waals surface area (Å²) < 4.78 is 33.1. The fraction of sp³-hybridized carbons (Fsp3) is 0.679. The van der Waals surface area contributed by atoms with Gasteiger partial charge in [-0.05, 0) is 60.6 Å². The molecule has 0 heterocycles. The Morgan fingerprint density at radius 3 is 1.78 bits per heavy atom. The number of ether oxygens (including phenoxy) is 1. The summed E-state index contributed by atoms with van der Waals surface area (Å²) in [6.07, 6.45) is 18.0. The van der Waals surface area contributed by atoms with Crippen LogP contribution >= 0.6 is 0 Å². The van der Waals surface area contributed by atoms with Crippen LogP contribution in [0.25, 0.3) is 0 Å². The Labute approximate surface area is 193 Å². The van der Waals surface area contributed by atoms with Gasteiger partial charge >= 0.3 is 0 Å². The second kappa shape index (κ2) is 13.1. The second-order valence-corrected chi connectivity index (χ2v) is 10.1. The summed E-state index contributed by atoms with van der Waals surface area (Å²) in [5.41, 5.74) is 0.198. The first-order valence-corrected chi connectivity index (χ1v) is 12.7. The van der Waals surface area contributed by atoms with E-state index >= 15 is 0 Å². The van der Waals surface area contributed by atoms with E-state index in [4.69, 9.17) is 10.00 Å². The van der Waals surface area contributed by atoms with Gasteiger partial charge in [0, 0.05) is 6.61 Å². The largest absolute Gasteiger partial charge is 0.377 e. The van der Waals surface area contributed by atoms with Gasteiger partial charge in [-0.3, -0.25) is 0 Å². The highest BCUT2D eigenvalue weighted by Gasteiger charge is 2.25. The Kier molecular flexibility index (Phi) is 10.2. The number of hydrogen-bond acceptors (Lipinski definition) is 2. The van der Waals surface area contributed by atoms with E-state index in [9.17, 15) is 8.78 Å². The minimum absolute atomic E-state index is 0.472. The molecule has 2 nitrogen and oxygen atoms in total. The molecule has 4 heteroatoms. The van der Waals surface area contributed by atoms with Crippen LogP contribution in [-0.4, -0.2) is 13.2 Å². The minimum Gasteiger partial charge on any atom is -0.377 e. The quantitative estimate of drug-likeness (QED) is 0.259. The summed E-state index contributed by atoms with van der Waals surface area (Å²) in [6.45, 7) is 5.24. The predicted octanol–water partition coefficient (Wildman–Crippen LogP) is 7.75. The first-order chi connectivity index (χ1) is 15.6. The van der Waals surface area contributed by atoms with Crippen LogP contribution in [0.15, 0.2) is 24.8 Å². The topological polar surface area (TPSA) is 33.0 Å². The third-order valence-electron chi connectivity index (χ3n) is 7.88. The molecule has 0 aromatic heterocycles. The number of hydrogen-bond donors (Lipinski definition) is 0. The fourth-order valence-electron chi connectivity index (χ4n) is 5.75. The number of nitrogens with zero attached hydrogens (tertiary/aromatic N) is 1. The van der Waals surface area contributed by atoms with E-state index in [2.05, 4.69) is 6.58 Å². The molecular weight excluding hydrogens is 404 g/mol. The summed E-state index contributed by atoms with van der Waals surface area (Å²) in [7, 11) is 0. The van der Waals surface area contributed by atoms with Crippen molar-refractivity contribution in [2.45, 2.75) is 83.5 Å². The average Bonchev–Trinajstić information content (AvgIpc) is 2.80. The molecule has 0 radical (unpaired) electrons. The zero-order valence-corrected chi connectivity index (χ0v) is 19.5. The molecule has 2 fully saturated rings. The van der Waals surface area contributed by atoms with Crippen molar-refractivity contribution < 1.29 is 13.5 Å². The van der Waals surface area contributed by atoms with E-state index in [1.54, 1.807) is 6.07 Å². The van der Waals surface area contributed by atoms with Crippen LogP contribution in [0.4, 0.5) is 8.78 Å². The van der Waals surface area contributed by atoms with Gasteiger partial charge in [-0.1, -0.05) is 70.3 Å². The normalized spacial score (nSPS) is 25.9. The van der Waals surface area contributed by atoms with Crippen molar-refractivity contribution in [3.05, 3.63) is 47.5 Å². The molecule has 1 aromatic carbocycles. The zero-order valence-electron chi connectivity index (χ0n) is 19.5.